The Bertz CT molecular complexity index is 2340. The number of benzene rings is 4. The molecule has 4 aromatic carbocycles. The fourth-order valence-electron chi connectivity index (χ4n) is 5.69. The summed E-state index contributed by atoms with van der Waals surface area (Å²) in [6, 6.07) is 32.3. The molecule has 0 aliphatic rings. The highest BCUT2D eigenvalue weighted by atomic mass is 35.5. The summed E-state index contributed by atoms with van der Waals surface area (Å²) in [6.45, 7) is 9.93. The first kappa shape index (κ1) is 39.0. The molecule has 0 aliphatic heterocycles. The van der Waals surface area contributed by atoms with E-state index in [2.05, 4.69) is 36.9 Å². The van der Waals surface area contributed by atoms with Crippen molar-refractivity contribution >= 4 is 64.3 Å². The molecule has 0 bridgehead atoms. The first-order chi connectivity index (χ1) is 26.7. The molecule has 0 saturated carbocycles. The lowest BCUT2D eigenvalue weighted by atomic mass is 9.83. The molecule has 0 fully saturated rings. The van der Waals surface area contributed by atoms with Crippen LogP contribution in [0.4, 0.5) is 38.3 Å². The second-order valence-electron chi connectivity index (χ2n) is 14.8. The van der Waals surface area contributed by atoms with Gasteiger partial charge in [0.25, 0.3) is 0 Å². The van der Waals surface area contributed by atoms with Crippen molar-refractivity contribution in [1.29, 1.82) is 0 Å². The highest BCUT2D eigenvalue weighted by Crippen LogP contribution is 2.34. The van der Waals surface area contributed by atoms with E-state index in [1.807, 2.05) is 107 Å². The van der Waals surface area contributed by atoms with Crippen LogP contribution in [-0.4, -0.2) is 28.3 Å². The van der Waals surface area contributed by atoms with Crippen molar-refractivity contribution in [3.05, 3.63) is 143 Å². The van der Waals surface area contributed by atoms with E-state index < -0.39 is 17.5 Å². The third-order valence-electron chi connectivity index (χ3n) is 8.73. The summed E-state index contributed by atoms with van der Waals surface area (Å²) in [4.78, 5) is 38.0. The minimum atomic E-state index is -0.548. The van der Waals surface area contributed by atoms with E-state index in [-0.39, 0.29) is 17.1 Å². The van der Waals surface area contributed by atoms with Crippen molar-refractivity contribution in [1.82, 2.24) is 10.3 Å². The number of nitrogens with zero attached hydrogens (tertiary/aromatic N) is 2. The molecule has 0 spiro atoms. The van der Waals surface area contributed by atoms with Gasteiger partial charge in [0.05, 0.1) is 5.02 Å². The van der Waals surface area contributed by atoms with E-state index in [0.29, 0.717) is 51.4 Å². The molecule has 0 saturated heterocycles. The molecule has 0 atom stereocenters. The Kier molecular flexibility index (Phi) is 11.7. The number of carbonyl (C=O) groups is 3. The molecule has 0 aliphatic carbocycles. The molecule has 6 aromatic rings. The summed E-state index contributed by atoms with van der Waals surface area (Å²) in [6.07, 6.45) is 3.54. The van der Waals surface area contributed by atoms with E-state index in [4.69, 9.17) is 20.6 Å². The van der Waals surface area contributed by atoms with Crippen LogP contribution in [0.5, 0.6) is 0 Å². The minimum Gasteiger partial charge on any atom is -0.359 e. The average Bonchev–Trinajstić information content (AvgIpc) is 3.84. The molecule has 5 N–H and O–H groups in total. The lowest BCUT2D eigenvalue weighted by Gasteiger charge is -2.22. The fourth-order valence-corrected chi connectivity index (χ4v) is 5.94. The van der Waals surface area contributed by atoms with Crippen LogP contribution in [0.15, 0.2) is 124 Å². The van der Waals surface area contributed by atoms with E-state index >= 15 is 0 Å². The molecule has 56 heavy (non-hydrogen) atoms. The van der Waals surface area contributed by atoms with Gasteiger partial charge in [0.15, 0.2) is 11.6 Å². The van der Waals surface area contributed by atoms with Gasteiger partial charge in [-0.15, -0.1) is 0 Å². The lowest BCUT2D eigenvalue weighted by molar-refractivity contribution is -0.111. The number of rotatable bonds is 11. The highest BCUT2D eigenvalue weighted by molar-refractivity contribution is 6.33. The predicted octanol–water partition coefficient (Wildman–Crippen LogP) is 10.7. The zero-order valence-corrected chi connectivity index (χ0v) is 32.3. The highest BCUT2D eigenvalue weighted by Gasteiger charge is 2.28. The fraction of sp³-hybridized carbons (Fsp3) is 0.186. The van der Waals surface area contributed by atoms with E-state index in [0.717, 1.165) is 16.7 Å². The monoisotopic (exact) mass is 771 g/mol. The summed E-state index contributed by atoms with van der Waals surface area (Å²) < 4.78 is 11.0. The summed E-state index contributed by atoms with van der Waals surface area (Å²) in [5.74, 6) is 1.43. The number of carbonyl (C=O) groups excluding carboxylic acids is 3. The number of hydrogen-bond donors (Lipinski definition) is 5. The molecule has 286 valence electrons. The Balaban J connectivity index is 0.994. The van der Waals surface area contributed by atoms with Gasteiger partial charge in [0.1, 0.15) is 11.5 Å². The predicted molar refractivity (Wildman–Crippen MR) is 221 cm³/mol. The van der Waals surface area contributed by atoms with Crippen molar-refractivity contribution in [2.45, 2.75) is 51.9 Å². The van der Waals surface area contributed by atoms with E-state index in [9.17, 15) is 14.4 Å². The lowest BCUT2D eigenvalue weighted by Crippen LogP contribution is -2.21. The first-order valence-corrected chi connectivity index (χ1v) is 18.2. The normalized spacial score (nSPS) is 11.6. The summed E-state index contributed by atoms with van der Waals surface area (Å²) >= 11 is 6.83. The van der Waals surface area contributed by atoms with Gasteiger partial charge in [0.2, 0.25) is 5.91 Å². The van der Waals surface area contributed by atoms with Crippen molar-refractivity contribution in [3.63, 3.8) is 0 Å². The summed E-state index contributed by atoms with van der Waals surface area (Å²) in [5, 5.41) is 22.2. The summed E-state index contributed by atoms with van der Waals surface area (Å²) in [7, 11) is 0. The van der Waals surface area contributed by atoms with Crippen LogP contribution in [0, 0.1) is 0 Å². The molecule has 0 radical (unpaired) electrons. The third-order valence-corrected chi connectivity index (χ3v) is 9.19. The van der Waals surface area contributed by atoms with Gasteiger partial charge in [-0.25, -0.2) is 9.59 Å². The Morgan fingerprint density at radius 3 is 1.71 bits per heavy atom. The van der Waals surface area contributed by atoms with Crippen molar-refractivity contribution < 1.29 is 23.4 Å². The first-order valence-electron chi connectivity index (χ1n) is 17.8. The molecule has 12 nitrogen and oxygen atoms in total. The van der Waals surface area contributed by atoms with Crippen LogP contribution in [0.1, 0.15) is 57.3 Å². The van der Waals surface area contributed by atoms with Crippen molar-refractivity contribution in [2.75, 3.05) is 26.6 Å². The van der Waals surface area contributed by atoms with Crippen LogP contribution in [0.25, 0.3) is 17.2 Å². The molecular weight excluding hydrogens is 730 g/mol. The number of amides is 5. The number of aromatic nitrogens is 2. The SMILES string of the molecule is CC(C)(C)c1cc(NC(=O)Nc2ccc(NC(=O)/C=C/c3cccc(CC(C)(C)c4cc(NC(=O)Nc5ccc(-c6ccccc6)cc5)no4)c3Cl)cc2)no1. The average molecular weight is 772 g/mol. The maximum Gasteiger partial charge on any atom is 0.324 e. The van der Waals surface area contributed by atoms with Crippen LogP contribution in [0.2, 0.25) is 5.02 Å². The van der Waals surface area contributed by atoms with Crippen LogP contribution < -0.4 is 26.6 Å². The topological polar surface area (TPSA) is 163 Å². The van der Waals surface area contributed by atoms with Gasteiger partial charge >= 0.3 is 12.1 Å². The zero-order chi connectivity index (χ0) is 39.9. The molecule has 2 heterocycles. The Morgan fingerprint density at radius 1 is 0.625 bits per heavy atom. The van der Waals surface area contributed by atoms with Gasteiger partial charge in [-0.1, -0.05) is 117 Å². The molecule has 6 rings (SSSR count). The molecular formula is C43H42ClN7O5. The smallest absolute Gasteiger partial charge is 0.324 e. The van der Waals surface area contributed by atoms with Gasteiger partial charge < -0.3 is 25.0 Å². The van der Waals surface area contributed by atoms with E-state index in [1.54, 1.807) is 42.5 Å². The van der Waals surface area contributed by atoms with Crippen LogP contribution in [0.3, 0.4) is 0 Å². The second-order valence-corrected chi connectivity index (χ2v) is 15.2. The van der Waals surface area contributed by atoms with Crippen LogP contribution in [-0.2, 0) is 22.0 Å². The zero-order valence-electron chi connectivity index (χ0n) is 31.6. The second kappa shape index (κ2) is 16.8. The quantitative estimate of drug-likeness (QED) is 0.0818. The van der Waals surface area contributed by atoms with Gasteiger partial charge in [-0.05, 0) is 71.1 Å². The third kappa shape index (κ3) is 10.3. The van der Waals surface area contributed by atoms with Gasteiger partial charge in [-0.2, -0.15) is 0 Å². The molecule has 0 unspecified atom stereocenters. The molecule has 2 aromatic heterocycles. The van der Waals surface area contributed by atoms with Gasteiger partial charge in [-0.3, -0.25) is 15.4 Å². The van der Waals surface area contributed by atoms with Crippen molar-refractivity contribution in [3.8, 4) is 11.1 Å². The molecule has 5 amide bonds. The number of urea groups is 2. The molecule has 13 heteroatoms. The van der Waals surface area contributed by atoms with Crippen molar-refractivity contribution in [2.24, 2.45) is 0 Å². The Morgan fingerprint density at radius 2 is 1.14 bits per heavy atom. The number of halogens is 1. The van der Waals surface area contributed by atoms with Crippen LogP contribution >= 0.6 is 11.6 Å². The Labute approximate surface area is 329 Å². The maximum atomic E-state index is 12.8. The number of nitrogens with one attached hydrogen (secondary N) is 5. The largest absolute Gasteiger partial charge is 0.359 e. The summed E-state index contributed by atoms with van der Waals surface area (Å²) in [5.41, 5.74) is 4.54. The number of anilines is 5. The van der Waals surface area contributed by atoms with Gasteiger partial charge in [0, 0.05) is 46.1 Å². The Hall–Kier alpha value is -6.66. The van der Waals surface area contributed by atoms with E-state index in [1.165, 1.54) is 6.08 Å². The standard InChI is InChI=1S/C43H42ClN7O5/c1-42(2,3)34-24-36(50-55-34)48-41(54)47-33-21-19-31(20-22-33)45-38(52)23-16-29-12-9-13-30(39(29)44)26-43(4,5)35-25-37(51-56-35)49-40(53)46-32-17-14-28(15-18-32)27-10-7-6-8-11-27/h6-25H,26H2,1-5H3,(H,45,52)(H2,46,49,51,53)(H2,47,48,50,54)/b23-16+. The minimum absolute atomic E-state index is 0.238. The maximum absolute atomic E-state index is 12.8. The number of hydrogen-bond acceptors (Lipinski definition) is 7.